The van der Waals surface area contributed by atoms with Crippen molar-refractivity contribution in [3.63, 3.8) is 0 Å². The zero-order chi connectivity index (χ0) is 13.7. The molecule has 1 unspecified atom stereocenters. The first-order valence-corrected chi connectivity index (χ1v) is 7.89. The van der Waals surface area contributed by atoms with Crippen molar-refractivity contribution in [2.45, 2.75) is 31.8 Å². The minimum atomic E-state index is -0.249. The molecule has 2 rings (SSSR count). The lowest BCUT2D eigenvalue weighted by Crippen LogP contribution is -2.51. The molecule has 2 saturated heterocycles. The summed E-state index contributed by atoms with van der Waals surface area (Å²) in [7, 11) is 0. The molecule has 2 heterocycles. The number of carbonyl (C=O) groups excluding carboxylic acids is 2. The quantitative estimate of drug-likeness (QED) is 0.785. The summed E-state index contributed by atoms with van der Waals surface area (Å²) in [5.41, 5.74) is 0. The van der Waals surface area contributed by atoms with Crippen LogP contribution in [0.5, 0.6) is 0 Å². The predicted octanol–water partition coefficient (Wildman–Crippen LogP) is 0.386. The molecule has 2 aliphatic heterocycles. The lowest BCUT2D eigenvalue weighted by atomic mass is 10.1. The molecule has 0 spiro atoms. The third-order valence-corrected chi connectivity index (χ3v) is 4.34. The molecule has 2 aliphatic rings. The Morgan fingerprint density at radius 1 is 1.42 bits per heavy atom. The van der Waals surface area contributed by atoms with Gasteiger partial charge in [0.15, 0.2) is 0 Å². The maximum absolute atomic E-state index is 11.9. The van der Waals surface area contributed by atoms with Gasteiger partial charge in [-0.15, -0.1) is 11.8 Å². The molecule has 0 aromatic carbocycles. The van der Waals surface area contributed by atoms with E-state index in [0.29, 0.717) is 19.7 Å². The first-order chi connectivity index (χ1) is 9.20. The second kappa shape index (κ2) is 7.00. The average Bonchev–Trinajstić information content (AvgIpc) is 2.94. The molecule has 2 amide bonds. The first-order valence-electron chi connectivity index (χ1n) is 6.74. The Kier molecular flexibility index (Phi) is 5.33. The van der Waals surface area contributed by atoms with E-state index in [1.54, 1.807) is 23.6 Å². The lowest BCUT2D eigenvalue weighted by molar-refractivity contribution is -0.123. The number of hydrogen-bond donors (Lipinski definition) is 2. The first kappa shape index (κ1) is 14.5. The number of nitrogens with one attached hydrogen (secondary N) is 2. The molecule has 0 bridgehead atoms. The zero-order valence-corrected chi connectivity index (χ0v) is 12.0. The maximum Gasteiger partial charge on any atom is 0.409 e. The second-order valence-corrected chi connectivity index (χ2v) is 5.77. The van der Waals surface area contributed by atoms with Gasteiger partial charge in [-0.1, -0.05) is 0 Å². The molecule has 1 atom stereocenters. The number of thioether (sulfide) groups is 1. The highest BCUT2D eigenvalue weighted by Crippen LogP contribution is 2.13. The SMILES string of the molecule is CCOC(=O)N1CCC(NC(=O)C2CSCN2)CC1. The second-order valence-electron chi connectivity index (χ2n) is 4.74. The molecule has 7 heteroatoms. The number of piperidine rings is 1. The van der Waals surface area contributed by atoms with Crippen molar-refractivity contribution in [1.29, 1.82) is 0 Å². The standard InChI is InChI=1S/C12H21N3O3S/c1-2-18-12(17)15-5-3-9(4-6-15)14-11(16)10-7-19-8-13-10/h9-10,13H,2-8H2,1H3,(H,14,16). The van der Waals surface area contributed by atoms with Crippen LogP contribution in [0.3, 0.4) is 0 Å². The van der Waals surface area contributed by atoms with E-state index >= 15 is 0 Å². The number of likely N-dealkylation sites (tertiary alicyclic amines) is 1. The van der Waals surface area contributed by atoms with Crippen molar-refractivity contribution < 1.29 is 14.3 Å². The predicted molar refractivity (Wildman–Crippen MR) is 74.0 cm³/mol. The summed E-state index contributed by atoms with van der Waals surface area (Å²) in [6, 6.07) is 0.110. The van der Waals surface area contributed by atoms with Crippen LogP contribution >= 0.6 is 11.8 Å². The van der Waals surface area contributed by atoms with Gasteiger partial charge in [0.1, 0.15) is 0 Å². The van der Waals surface area contributed by atoms with E-state index in [1.165, 1.54) is 0 Å². The summed E-state index contributed by atoms with van der Waals surface area (Å²) in [5, 5.41) is 6.21. The number of rotatable bonds is 3. The van der Waals surface area contributed by atoms with Gasteiger partial charge in [-0.25, -0.2) is 4.79 Å². The fraction of sp³-hybridized carbons (Fsp3) is 0.833. The Balaban J connectivity index is 1.71. The van der Waals surface area contributed by atoms with Crippen LogP contribution in [0.1, 0.15) is 19.8 Å². The van der Waals surface area contributed by atoms with E-state index in [4.69, 9.17) is 4.74 Å². The summed E-state index contributed by atoms with van der Waals surface area (Å²) in [5.74, 6) is 1.77. The molecule has 0 radical (unpaired) electrons. The Hall–Kier alpha value is -0.950. The molecule has 0 aromatic rings. The van der Waals surface area contributed by atoms with E-state index in [0.717, 1.165) is 24.5 Å². The molecule has 6 nitrogen and oxygen atoms in total. The molecular weight excluding hydrogens is 266 g/mol. The van der Waals surface area contributed by atoms with E-state index in [-0.39, 0.29) is 24.1 Å². The summed E-state index contributed by atoms with van der Waals surface area (Å²) in [4.78, 5) is 25.2. The third kappa shape index (κ3) is 4.01. The number of amides is 2. The molecule has 19 heavy (non-hydrogen) atoms. The van der Waals surface area contributed by atoms with Crippen molar-refractivity contribution in [2.24, 2.45) is 0 Å². The monoisotopic (exact) mass is 287 g/mol. The van der Waals surface area contributed by atoms with Crippen LogP contribution in [-0.2, 0) is 9.53 Å². The van der Waals surface area contributed by atoms with Crippen LogP contribution in [-0.4, -0.2) is 60.3 Å². The van der Waals surface area contributed by atoms with Gasteiger partial charge in [0.05, 0.1) is 12.6 Å². The molecule has 0 aliphatic carbocycles. The topological polar surface area (TPSA) is 70.7 Å². The lowest BCUT2D eigenvalue weighted by Gasteiger charge is -2.32. The van der Waals surface area contributed by atoms with E-state index in [2.05, 4.69) is 10.6 Å². The van der Waals surface area contributed by atoms with Gasteiger partial charge >= 0.3 is 6.09 Å². The fourth-order valence-corrected chi connectivity index (χ4v) is 3.23. The Morgan fingerprint density at radius 3 is 2.74 bits per heavy atom. The number of nitrogens with zero attached hydrogens (tertiary/aromatic N) is 1. The minimum absolute atomic E-state index is 0.0620. The van der Waals surface area contributed by atoms with Gasteiger partial charge in [-0.3, -0.25) is 10.1 Å². The molecule has 0 saturated carbocycles. The number of ether oxygens (including phenoxy) is 1. The van der Waals surface area contributed by atoms with E-state index in [9.17, 15) is 9.59 Å². The van der Waals surface area contributed by atoms with E-state index < -0.39 is 0 Å². The largest absolute Gasteiger partial charge is 0.450 e. The number of carbonyl (C=O) groups is 2. The highest BCUT2D eigenvalue weighted by molar-refractivity contribution is 7.99. The highest BCUT2D eigenvalue weighted by atomic mass is 32.2. The van der Waals surface area contributed by atoms with Crippen molar-refractivity contribution in [3.8, 4) is 0 Å². The summed E-state index contributed by atoms with van der Waals surface area (Å²) < 4.78 is 4.97. The number of hydrogen-bond acceptors (Lipinski definition) is 5. The Labute approximate surface area is 117 Å². The van der Waals surface area contributed by atoms with Crippen LogP contribution in [0.4, 0.5) is 4.79 Å². The summed E-state index contributed by atoms with van der Waals surface area (Å²) >= 11 is 1.74. The minimum Gasteiger partial charge on any atom is -0.450 e. The van der Waals surface area contributed by atoms with Crippen molar-refractivity contribution in [3.05, 3.63) is 0 Å². The Bertz CT molecular complexity index is 326. The van der Waals surface area contributed by atoms with E-state index in [1.807, 2.05) is 0 Å². The molecule has 108 valence electrons. The summed E-state index contributed by atoms with van der Waals surface area (Å²) in [6.07, 6.45) is 1.34. The van der Waals surface area contributed by atoms with Crippen LogP contribution in [0.15, 0.2) is 0 Å². The van der Waals surface area contributed by atoms with Crippen LogP contribution in [0.2, 0.25) is 0 Å². The van der Waals surface area contributed by atoms with Crippen LogP contribution < -0.4 is 10.6 Å². The van der Waals surface area contributed by atoms with Crippen LogP contribution in [0.25, 0.3) is 0 Å². The highest BCUT2D eigenvalue weighted by Gasteiger charge is 2.28. The van der Waals surface area contributed by atoms with Crippen molar-refractivity contribution >= 4 is 23.8 Å². The van der Waals surface area contributed by atoms with Gasteiger partial charge in [0.2, 0.25) is 5.91 Å². The van der Waals surface area contributed by atoms with Gasteiger partial charge in [0, 0.05) is 30.8 Å². The summed E-state index contributed by atoms with van der Waals surface area (Å²) in [6.45, 7) is 3.51. The van der Waals surface area contributed by atoms with Gasteiger partial charge in [-0.2, -0.15) is 0 Å². The molecular formula is C12H21N3O3S. The van der Waals surface area contributed by atoms with Gasteiger partial charge in [0.25, 0.3) is 0 Å². The van der Waals surface area contributed by atoms with Crippen molar-refractivity contribution in [2.75, 3.05) is 31.3 Å². The molecule has 0 aromatic heterocycles. The molecule has 2 N–H and O–H groups in total. The van der Waals surface area contributed by atoms with Crippen molar-refractivity contribution in [1.82, 2.24) is 15.5 Å². The smallest absolute Gasteiger partial charge is 0.409 e. The zero-order valence-electron chi connectivity index (χ0n) is 11.2. The maximum atomic E-state index is 11.9. The fourth-order valence-electron chi connectivity index (χ4n) is 2.29. The molecule has 2 fully saturated rings. The normalized spacial score (nSPS) is 24.3. The van der Waals surface area contributed by atoms with Gasteiger partial charge in [-0.05, 0) is 19.8 Å². The average molecular weight is 287 g/mol. The van der Waals surface area contributed by atoms with Gasteiger partial charge < -0.3 is 15.0 Å². The Morgan fingerprint density at radius 2 is 2.16 bits per heavy atom. The third-order valence-electron chi connectivity index (χ3n) is 3.40. The van der Waals surface area contributed by atoms with Crippen LogP contribution in [0, 0.1) is 0 Å².